The number of aromatic nitrogens is 2. The van der Waals surface area contributed by atoms with Gasteiger partial charge in [-0.05, 0) is 25.1 Å². The molecular weight excluding hydrogens is 295 g/mol. The second-order valence-corrected chi connectivity index (χ2v) is 6.08. The van der Waals surface area contributed by atoms with Gasteiger partial charge in [-0.1, -0.05) is 30.3 Å². The fourth-order valence-corrected chi connectivity index (χ4v) is 3.65. The van der Waals surface area contributed by atoms with E-state index in [4.69, 9.17) is 4.98 Å². The van der Waals surface area contributed by atoms with E-state index in [2.05, 4.69) is 4.98 Å². The van der Waals surface area contributed by atoms with Crippen molar-refractivity contribution in [3.63, 3.8) is 0 Å². The number of halogens is 1. The van der Waals surface area contributed by atoms with Crippen molar-refractivity contribution in [2.24, 2.45) is 0 Å². The summed E-state index contributed by atoms with van der Waals surface area (Å²) < 4.78 is 13.6. The van der Waals surface area contributed by atoms with Gasteiger partial charge in [0.15, 0.2) is 0 Å². The highest BCUT2D eigenvalue weighted by Crippen LogP contribution is 2.36. The number of thiazole rings is 1. The van der Waals surface area contributed by atoms with Gasteiger partial charge >= 0.3 is 0 Å². The molecule has 0 bridgehead atoms. The first kappa shape index (κ1) is 13.2. The predicted octanol–water partition coefficient (Wildman–Crippen LogP) is 5.41. The summed E-state index contributed by atoms with van der Waals surface area (Å²) in [5.41, 5.74) is 4.97. The number of aryl methyl sites for hydroxylation is 1. The van der Waals surface area contributed by atoms with E-state index in [1.165, 1.54) is 6.07 Å². The Morgan fingerprint density at radius 2 is 1.91 bits per heavy atom. The lowest BCUT2D eigenvalue weighted by atomic mass is 10.1. The number of nitrogens with one attached hydrogen (secondary N) is 1. The SMILES string of the molecule is Cc1[nH]c2ccc(F)cc2c1-c1nc(-c2ccccc2)cs1. The van der Waals surface area contributed by atoms with E-state index in [-0.39, 0.29) is 5.82 Å². The fraction of sp³-hybridized carbons (Fsp3) is 0.0556. The highest BCUT2D eigenvalue weighted by atomic mass is 32.1. The lowest BCUT2D eigenvalue weighted by molar-refractivity contribution is 0.630. The lowest BCUT2D eigenvalue weighted by Crippen LogP contribution is -1.81. The average Bonchev–Trinajstić information content (AvgIpc) is 3.11. The minimum atomic E-state index is -0.229. The Labute approximate surface area is 131 Å². The predicted molar refractivity (Wildman–Crippen MR) is 89.5 cm³/mol. The second-order valence-electron chi connectivity index (χ2n) is 5.22. The van der Waals surface area contributed by atoms with Gasteiger partial charge in [0.25, 0.3) is 0 Å². The van der Waals surface area contributed by atoms with Gasteiger partial charge in [-0.15, -0.1) is 11.3 Å². The van der Waals surface area contributed by atoms with Crippen LogP contribution in [0.15, 0.2) is 53.9 Å². The molecule has 2 nitrogen and oxygen atoms in total. The molecule has 4 aromatic rings. The van der Waals surface area contributed by atoms with Crippen molar-refractivity contribution in [1.29, 1.82) is 0 Å². The van der Waals surface area contributed by atoms with Gasteiger partial charge in [0, 0.05) is 33.1 Å². The van der Waals surface area contributed by atoms with Crippen LogP contribution in [0.4, 0.5) is 4.39 Å². The largest absolute Gasteiger partial charge is 0.358 e. The summed E-state index contributed by atoms with van der Waals surface area (Å²) in [7, 11) is 0. The van der Waals surface area contributed by atoms with Gasteiger partial charge in [0.05, 0.1) is 5.69 Å². The van der Waals surface area contributed by atoms with Crippen molar-refractivity contribution in [3.8, 4) is 21.8 Å². The van der Waals surface area contributed by atoms with Crippen molar-refractivity contribution in [1.82, 2.24) is 9.97 Å². The fourth-order valence-electron chi connectivity index (χ4n) is 2.70. The zero-order chi connectivity index (χ0) is 15.1. The van der Waals surface area contributed by atoms with Crippen molar-refractivity contribution in [3.05, 3.63) is 65.4 Å². The first-order valence-corrected chi connectivity index (χ1v) is 7.89. The van der Waals surface area contributed by atoms with Crippen LogP contribution in [-0.4, -0.2) is 9.97 Å². The van der Waals surface area contributed by atoms with Crippen LogP contribution in [0.2, 0.25) is 0 Å². The van der Waals surface area contributed by atoms with Crippen LogP contribution >= 0.6 is 11.3 Å². The summed E-state index contributed by atoms with van der Waals surface area (Å²) in [6.07, 6.45) is 0. The van der Waals surface area contributed by atoms with Crippen LogP contribution < -0.4 is 0 Å². The number of fused-ring (bicyclic) bond motifs is 1. The smallest absolute Gasteiger partial charge is 0.126 e. The summed E-state index contributed by atoms with van der Waals surface area (Å²) >= 11 is 1.58. The van der Waals surface area contributed by atoms with Crippen molar-refractivity contribution in [2.75, 3.05) is 0 Å². The molecule has 0 atom stereocenters. The number of hydrogen-bond acceptors (Lipinski definition) is 2. The van der Waals surface area contributed by atoms with Gasteiger partial charge in [-0.2, -0.15) is 0 Å². The minimum absolute atomic E-state index is 0.229. The number of nitrogens with zero attached hydrogens (tertiary/aromatic N) is 1. The highest BCUT2D eigenvalue weighted by Gasteiger charge is 2.15. The van der Waals surface area contributed by atoms with E-state index in [9.17, 15) is 4.39 Å². The molecule has 0 aliphatic rings. The van der Waals surface area contributed by atoms with Gasteiger partial charge in [0.1, 0.15) is 10.8 Å². The Morgan fingerprint density at radius 1 is 1.09 bits per heavy atom. The van der Waals surface area contributed by atoms with Gasteiger partial charge in [-0.3, -0.25) is 0 Å². The van der Waals surface area contributed by atoms with E-state index in [1.54, 1.807) is 23.5 Å². The van der Waals surface area contributed by atoms with Gasteiger partial charge in [-0.25, -0.2) is 9.37 Å². The maximum Gasteiger partial charge on any atom is 0.126 e. The topological polar surface area (TPSA) is 28.7 Å². The van der Waals surface area contributed by atoms with Crippen molar-refractivity contribution < 1.29 is 4.39 Å². The first-order valence-electron chi connectivity index (χ1n) is 7.01. The van der Waals surface area contributed by atoms with Crippen molar-refractivity contribution >= 4 is 22.2 Å². The molecule has 2 aromatic heterocycles. The van der Waals surface area contributed by atoms with Crippen LogP contribution in [0.1, 0.15) is 5.69 Å². The Bertz CT molecular complexity index is 954. The second kappa shape index (κ2) is 5.07. The van der Waals surface area contributed by atoms with Crippen LogP contribution in [-0.2, 0) is 0 Å². The summed E-state index contributed by atoms with van der Waals surface area (Å²) in [4.78, 5) is 8.04. The lowest BCUT2D eigenvalue weighted by Gasteiger charge is -1.97. The summed E-state index contributed by atoms with van der Waals surface area (Å²) in [5.74, 6) is -0.229. The molecular formula is C18H13FN2S. The first-order chi connectivity index (χ1) is 10.7. The summed E-state index contributed by atoms with van der Waals surface area (Å²) in [5, 5.41) is 3.84. The molecule has 2 aromatic carbocycles. The van der Waals surface area contributed by atoms with E-state index in [0.29, 0.717) is 0 Å². The molecule has 2 heterocycles. The molecule has 4 rings (SSSR count). The molecule has 0 spiro atoms. The zero-order valence-electron chi connectivity index (χ0n) is 11.9. The molecule has 0 saturated carbocycles. The third kappa shape index (κ3) is 2.12. The molecule has 1 N–H and O–H groups in total. The molecule has 4 heteroatoms. The Hall–Kier alpha value is -2.46. The Kier molecular flexibility index (Phi) is 3.05. The van der Waals surface area contributed by atoms with Crippen molar-refractivity contribution in [2.45, 2.75) is 6.92 Å². The number of rotatable bonds is 2. The minimum Gasteiger partial charge on any atom is -0.358 e. The van der Waals surface area contributed by atoms with Crippen LogP contribution in [0.3, 0.4) is 0 Å². The third-order valence-corrected chi connectivity index (χ3v) is 4.60. The molecule has 0 aliphatic heterocycles. The number of hydrogen-bond donors (Lipinski definition) is 1. The molecule has 108 valence electrons. The standard InChI is InChI=1S/C18H13FN2S/c1-11-17(14-9-13(19)7-8-15(14)20-11)18-21-16(10-22-18)12-5-3-2-4-6-12/h2-10,20H,1H3. The van der Waals surface area contributed by atoms with Crippen LogP contribution in [0.5, 0.6) is 0 Å². The Morgan fingerprint density at radius 3 is 2.73 bits per heavy atom. The number of H-pyrrole nitrogens is 1. The van der Waals surface area contributed by atoms with Crippen LogP contribution in [0.25, 0.3) is 32.7 Å². The van der Waals surface area contributed by atoms with E-state index >= 15 is 0 Å². The summed E-state index contributed by atoms with van der Waals surface area (Å²) in [6, 6.07) is 14.9. The molecule has 0 saturated heterocycles. The van der Waals surface area contributed by atoms with Gasteiger partial charge < -0.3 is 4.98 Å². The zero-order valence-corrected chi connectivity index (χ0v) is 12.7. The molecule has 0 fully saturated rings. The monoisotopic (exact) mass is 308 g/mol. The average molecular weight is 308 g/mol. The normalized spacial score (nSPS) is 11.2. The van der Waals surface area contributed by atoms with E-state index in [1.807, 2.05) is 42.6 Å². The molecule has 0 amide bonds. The van der Waals surface area contributed by atoms with Crippen LogP contribution in [0, 0.1) is 12.7 Å². The third-order valence-electron chi connectivity index (χ3n) is 3.74. The molecule has 0 radical (unpaired) electrons. The van der Waals surface area contributed by atoms with E-state index < -0.39 is 0 Å². The highest BCUT2D eigenvalue weighted by molar-refractivity contribution is 7.13. The van der Waals surface area contributed by atoms with E-state index in [0.717, 1.165) is 38.4 Å². The Balaban J connectivity index is 1.88. The summed E-state index contributed by atoms with van der Waals surface area (Å²) in [6.45, 7) is 2.00. The van der Waals surface area contributed by atoms with Gasteiger partial charge in [0.2, 0.25) is 0 Å². The maximum absolute atomic E-state index is 13.6. The maximum atomic E-state index is 13.6. The molecule has 22 heavy (non-hydrogen) atoms. The molecule has 0 aliphatic carbocycles. The number of aromatic amines is 1. The quantitative estimate of drug-likeness (QED) is 0.527. The molecule has 0 unspecified atom stereocenters. The number of benzene rings is 2.